The van der Waals surface area contributed by atoms with Crippen molar-refractivity contribution in [2.24, 2.45) is 7.05 Å². The van der Waals surface area contributed by atoms with Gasteiger partial charge in [-0.3, -0.25) is 14.4 Å². The number of aliphatic hydroxyl groups excluding tert-OH is 1. The van der Waals surface area contributed by atoms with Crippen molar-refractivity contribution in [2.45, 2.75) is 32.9 Å². The van der Waals surface area contributed by atoms with Gasteiger partial charge >= 0.3 is 0 Å². The Kier molecular flexibility index (Phi) is 5.74. The molecular formula is C20H28N4O2. The monoisotopic (exact) mass is 356 g/mol. The van der Waals surface area contributed by atoms with Crippen molar-refractivity contribution >= 4 is 5.91 Å². The smallest absolute Gasteiger partial charge is 0.236 e. The zero-order chi connectivity index (χ0) is 18.7. The van der Waals surface area contributed by atoms with Gasteiger partial charge in [-0.05, 0) is 25.8 Å². The number of benzene rings is 1. The Morgan fingerprint density at radius 2 is 1.92 bits per heavy atom. The number of nitrogens with zero attached hydrogens (tertiary/aromatic N) is 4. The summed E-state index contributed by atoms with van der Waals surface area (Å²) in [6.07, 6.45) is 0.273. The van der Waals surface area contributed by atoms with Crippen molar-refractivity contribution in [1.29, 1.82) is 0 Å². The Hall–Kier alpha value is -2.18. The number of hydrogen-bond acceptors (Lipinski definition) is 4. The number of aliphatic hydroxyl groups is 1. The third kappa shape index (κ3) is 4.31. The molecule has 2 aromatic rings. The Morgan fingerprint density at radius 3 is 2.58 bits per heavy atom. The zero-order valence-electron chi connectivity index (χ0n) is 15.9. The minimum atomic E-state index is -0.533. The number of aryl methyl sites for hydroxylation is 2. The predicted molar refractivity (Wildman–Crippen MR) is 101 cm³/mol. The van der Waals surface area contributed by atoms with Gasteiger partial charge in [0.2, 0.25) is 5.91 Å². The van der Waals surface area contributed by atoms with Crippen LogP contribution in [0.4, 0.5) is 0 Å². The van der Waals surface area contributed by atoms with Gasteiger partial charge in [-0.15, -0.1) is 0 Å². The maximum absolute atomic E-state index is 12.7. The molecule has 1 aliphatic heterocycles. The summed E-state index contributed by atoms with van der Waals surface area (Å²) < 4.78 is 1.87. The molecule has 1 atom stereocenters. The van der Waals surface area contributed by atoms with E-state index in [0.717, 1.165) is 23.4 Å². The number of β-amino-alcohol motifs (C(OH)–C–C–N with tert-alkyl or cyclic N) is 1. The first-order valence-corrected chi connectivity index (χ1v) is 9.15. The number of aromatic nitrogens is 2. The van der Waals surface area contributed by atoms with E-state index in [1.165, 1.54) is 5.56 Å². The summed E-state index contributed by atoms with van der Waals surface area (Å²) >= 11 is 0. The highest BCUT2D eigenvalue weighted by molar-refractivity contribution is 5.78. The second-order valence-corrected chi connectivity index (χ2v) is 7.17. The molecule has 0 aliphatic carbocycles. The summed E-state index contributed by atoms with van der Waals surface area (Å²) in [7, 11) is 1.93. The van der Waals surface area contributed by atoms with Crippen LogP contribution in [0.5, 0.6) is 0 Å². The Labute approximate surface area is 155 Å². The molecule has 6 nitrogen and oxygen atoms in total. The molecule has 1 aromatic carbocycles. The third-order valence-corrected chi connectivity index (χ3v) is 5.17. The Bertz CT molecular complexity index is 757. The minimum Gasteiger partial charge on any atom is -0.390 e. The van der Waals surface area contributed by atoms with Crippen LogP contribution in [0.3, 0.4) is 0 Å². The number of rotatable bonds is 5. The molecule has 0 radical (unpaired) electrons. The molecule has 1 aromatic heterocycles. The summed E-state index contributed by atoms with van der Waals surface area (Å²) in [5.41, 5.74) is 4.44. The van der Waals surface area contributed by atoms with Crippen LogP contribution in [-0.2, 0) is 24.8 Å². The second kappa shape index (κ2) is 8.01. The lowest BCUT2D eigenvalue weighted by atomic mass is 10.1. The molecule has 6 heteroatoms. The lowest BCUT2D eigenvalue weighted by Crippen LogP contribution is -2.38. The summed E-state index contributed by atoms with van der Waals surface area (Å²) in [6, 6.07) is 10.1. The van der Waals surface area contributed by atoms with Crippen LogP contribution in [-0.4, -0.2) is 62.9 Å². The van der Waals surface area contributed by atoms with Crippen LogP contribution < -0.4 is 0 Å². The van der Waals surface area contributed by atoms with E-state index in [2.05, 4.69) is 17.2 Å². The molecular weight excluding hydrogens is 328 g/mol. The molecule has 140 valence electrons. The van der Waals surface area contributed by atoms with E-state index in [0.29, 0.717) is 32.7 Å². The third-order valence-electron chi connectivity index (χ3n) is 5.17. The SMILES string of the molecule is Cc1nn(C)c(C)c1CN1CC(=O)N(CCc2ccccc2)CC(O)C1. The van der Waals surface area contributed by atoms with E-state index >= 15 is 0 Å². The molecule has 1 amide bonds. The predicted octanol–water partition coefficient (Wildman–Crippen LogP) is 1.28. The lowest BCUT2D eigenvalue weighted by Gasteiger charge is -2.22. The number of hydrogen-bond donors (Lipinski definition) is 1. The number of amides is 1. The van der Waals surface area contributed by atoms with Crippen LogP contribution in [0.2, 0.25) is 0 Å². The highest BCUT2D eigenvalue weighted by Gasteiger charge is 2.27. The van der Waals surface area contributed by atoms with E-state index in [1.54, 1.807) is 4.90 Å². The van der Waals surface area contributed by atoms with Gasteiger partial charge in [-0.25, -0.2) is 0 Å². The van der Waals surface area contributed by atoms with Gasteiger partial charge in [-0.1, -0.05) is 30.3 Å². The zero-order valence-corrected chi connectivity index (χ0v) is 15.9. The molecule has 1 fully saturated rings. The molecule has 0 spiro atoms. The van der Waals surface area contributed by atoms with E-state index in [9.17, 15) is 9.90 Å². The van der Waals surface area contributed by atoms with Crippen molar-refractivity contribution in [3.63, 3.8) is 0 Å². The fourth-order valence-electron chi connectivity index (χ4n) is 3.58. The molecule has 1 unspecified atom stereocenters. The van der Waals surface area contributed by atoms with Crippen LogP contribution in [0, 0.1) is 13.8 Å². The van der Waals surface area contributed by atoms with Crippen LogP contribution >= 0.6 is 0 Å². The average Bonchev–Trinajstić information content (AvgIpc) is 2.77. The molecule has 1 saturated heterocycles. The number of carbonyl (C=O) groups is 1. The molecule has 0 bridgehead atoms. The molecule has 3 rings (SSSR count). The van der Waals surface area contributed by atoms with Gasteiger partial charge in [0.25, 0.3) is 0 Å². The highest BCUT2D eigenvalue weighted by Crippen LogP contribution is 2.17. The maximum Gasteiger partial charge on any atom is 0.236 e. The molecule has 2 heterocycles. The van der Waals surface area contributed by atoms with Gasteiger partial charge in [-0.2, -0.15) is 5.10 Å². The van der Waals surface area contributed by atoms with Gasteiger partial charge in [0.05, 0.1) is 18.3 Å². The first-order valence-electron chi connectivity index (χ1n) is 9.15. The fourth-order valence-corrected chi connectivity index (χ4v) is 3.58. The molecule has 1 aliphatic rings. The van der Waals surface area contributed by atoms with Crippen LogP contribution in [0.1, 0.15) is 22.5 Å². The van der Waals surface area contributed by atoms with Crippen molar-refractivity contribution in [3.8, 4) is 0 Å². The lowest BCUT2D eigenvalue weighted by molar-refractivity contribution is -0.131. The van der Waals surface area contributed by atoms with E-state index in [1.807, 2.05) is 48.7 Å². The van der Waals surface area contributed by atoms with Gasteiger partial charge in [0, 0.05) is 44.5 Å². The average molecular weight is 356 g/mol. The van der Waals surface area contributed by atoms with Gasteiger partial charge in [0.15, 0.2) is 0 Å². The molecule has 26 heavy (non-hydrogen) atoms. The summed E-state index contributed by atoms with van der Waals surface area (Å²) in [5.74, 6) is 0.0803. The van der Waals surface area contributed by atoms with Gasteiger partial charge in [0.1, 0.15) is 0 Å². The molecule has 0 saturated carbocycles. The summed E-state index contributed by atoms with van der Waals surface area (Å²) in [6.45, 7) is 6.54. The van der Waals surface area contributed by atoms with Gasteiger partial charge < -0.3 is 10.0 Å². The first-order chi connectivity index (χ1) is 12.4. The second-order valence-electron chi connectivity index (χ2n) is 7.17. The highest BCUT2D eigenvalue weighted by atomic mass is 16.3. The number of carbonyl (C=O) groups excluding carboxylic acids is 1. The topological polar surface area (TPSA) is 61.6 Å². The largest absolute Gasteiger partial charge is 0.390 e. The minimum absolute atomic E-state index is 0.0803. The molecule has 1 N–H and O–H groups in total. The van der Waals surface area contributed by atoms with Crippen molar-refractivity contribution in [1.82, 2.24) is 19.6 Å². The van der Waals surface area contributed by atoms with E-state index in [4.69, 9.17) is 0 Å². The Balaban J connectivity index is 1.64. The normalized spacial score (nSPS) is 19.0. The van der Waals surface area contributed by atoms with Crippen molar-refractivity contribution in [3.05, 3.63) is 52.8 Å². The quantitative estimate of drug-likeness (QED) is 0.877. The van der Waals surface area contributed by atoms with Crippen LogP contribution in [0.15, 0.2) is 30.3 Å². The first kappa shape index (κ1) is 18.6. The summed E-state index contributed by atoms with van der Waals surface area (Å²) in [4.78, 5) is 16.5. The standard InChI is InChI=1S/C20H28N4O2/c1-15-19(16(2)22(3)21-15)13-23-11-18(25)12-24(20(26)14-23)10-9-17-7-5-4-6-8-17/h4-8,18,25H,9-14H2,1-3H3. The fraction of sp³-hybridized carbons (Fsp3) is 0.500. The Morgan fingerprint density at radius 1 is 1.19 bits per heavy atom. The van der Waals surface area contributed by atoms with E-state index < -0.39 is 6.10 Å². The van der Waals surface area contributed by atoms with Crippen molar-refractivity contribution < 1.29 is 9.90 Å². The van der Waals surface area contributed by atoms with Crippen LogP contribution in [0.25, 0.3) is 0 Å². The van der Waals surface area contributed by atoms with E-state index in [-0.39, 0.29) is 5.91 Å². The maximum atomic E-state index is 12.7. The van der Waals surface area contributed by atoms with Crippen molar-refractivity contribution in [2.75, 3.05) is 26.2 Å². The summed E-state index contributed by atoms with van der Waals surface area (Å²) in [5, 5.41) is 14.9.